The van der Waals surface area contributed by atoms with Crippen molar-refractivity contribution in [3.63, 3.8) is 0 Å². The molecule has 0 bridgehead atoms. The van der Waals surface area contributed by atoms with Crippen LogP contribution in [0.25, 0.3) is 0 Å². The summed E-state index contributed by atoms with van der Waals surface area (Å²) in [6.07, 6.45) is 3.54. The third-order valence-corrected chi connectivity index (χ3v) is 4.17. The number of nitrogens with one attached hydrogen (secondary N) is 3. The molecule has 1 aromatic rings. The van der Waals surface area contributed by atoms with Crippen LogP contribution < -0.4 is 20.9 Å². The van der Waals surface area contributed by atoms with Crippen molar-refractivity contribution < 1.29 is 9.53 Å². The Morgan fingerprint density at radius 2 is 2.05 bits per heavy atom. The third-order valence-electron chi connectivity index (χ3n) is 3.64. The zero-order valence-electron chi connectivity index (χ0n) is 11.1. The number of carbonyl (C=O) groups excluding carboxylic acids is 1. The molecule has 1 aromatic carbocycles. The van der Waals surface area contributed by atoms with E-state index >= 15 is 0 Å². The summed E-state index contributed by atoms with van der Waals surface area (Å²) in [5.74, 6) is 1.36. The maximum atomic E-state index is 11.8. The number of ether oxygens (including phenoxy) is 1. The SMILES string of the molecule is O=C(COc1ccc(Br)cc1)NC1CC(C2CC2)NN1. The van der Waals surface area contributed by atoms with Crippen molar-refractivity contribution in [1.82, 2.24) is 16.2 Å². The van der Waals surface area contributed by atoms with Gasteiger partial charge < -0.3 is 10.1 Å². The van der Waals surface area contributed by atoms with Crippen LogP contribution in [0, 0.1) is 5.92 Å². The summed E-state index contributed by atoms with van der Waals surface area (Å²) in [4.78, 5) is 11.8. The Hall–Kier alpha value is -1.11. The Labute approximate surface area is 126 Å². The van der Waals surface area contributed by atoms with E-state index in [-0.39, 0.29) is 18.7 Å². The summed E-state index contributed by atoms with van der Waals surface area (Å²) < 4.78 is 6.43. The minimum atomic E-state index is -0.108. The number of rotatable bonds is 5. The van der Waals surface area contributed by atoms with E-state index in [1.807, 2.05) is 24.3 Å². The zero-order chi connectivity index (χ0) is 13.9. The molecule has 1 saturated carbocycles. The molecule has 2 unspecified atom stereocenters. The molecule has 108 valence electrons. The van der Waals surface area contributed by atoms with E-state index in [4.69, 9.17) is 4.74 Å². The molecule has 5 nitrogen and oxygen atoms in total. The van der Waals surface area contributed by atoms with Crippen LogP contribution >= 0.6 is 15.9 Å². The molecule has 1 saturated heterocycles. The largest absolute Gasteiger partial charge is 0.484 e. The van der Waals surface area contributed by atoms with Gasteiger partial charge in [-0.2, -0.15) is 0 Å². The average molecular weight is 340 g/mol. The van der Waals surface area contributed by atoms with Crippen LogP contribution in [0.15, 0.2) is 28.7 Å². The fraction of sp³-hybridized carbons (Fsp3) is 0.500. The highest BCUT2D eigenvalue weighted by Crippen LogP contribution is 2.35. The highest BCUT2D eigenvalue weighted by atomic mass is 79.9. The minimum absolute atomic E-state index is 0.00150. The van der Waals surface area contributed by atoms with Gasteiger partial charge in [0.2, 0.25) is 0 Å². The first-order valence-electron chi connectivity index (χ1n) is 6.89. The molecule has 2 atom stereocenters. The Morgan fingerprint density at radius 1 is 1.30 bits per heavy atom. The molecule has 2 aliphatic rings. The lowest BCUT2D eigenvalue weighted by molar-refractivity contribution is -0.123. The van der Waals surface area contributed by atoms with Gasteiger partial charge in [0.25, 0.3) is 5.91 Å². The van der Waals surface area contributed by atoms with Gasteiger partial charge in [0.1, 0.15) is 5.75 Å². The first kappa shape index (κ1) is 13.9. The number of benzene rings is 1. The van der Waals surface area contributed by atoms with Crippen molar-refractivity contribution in [2.45, 2.75) is 31.5 Å². The summed E-state index contributed by atoms with van der Waals surface area (Å²) in [7, 11) is 0. The number of halogens is 1. The second-order valence-corrected chi connectivity index (χ2v) is 6.25. The molecule has 0 aromatic heterocycles. The lowest BCUT2D eigenvalue weighted by Crippen LogP contribution is -2.46. The summed E-state index contributed by atoms with van der Waals surface area (Å²) in [5.41, 5.74) is 6.36. The molecule has 2 fully saturated rings. The fourth-order valence-electron chi connectivity index (χ4n) is 2.40. The van der Waals surface area contributed by atoms with Crippen molar-refractivity contribution in [3.05, 3.63) is 28.7 Å². The van der Waals surface area contributed by atoms with Crippen molar-refractivity contribution in [1.29, 1.82) is 0 Å². The highest BCUT2D eigenvalue weighted by molar-refractivity contribution is 9.10. The molecule has 20 heavy (non-hydrogen) atoms. The monoisotopic (exact) mass is 339 g/mol. The normalized spacial score (nSPS) is 25.4. The number of hydrazine groups is 1. The van der Waals surface area contributed by atoms with Crippen LogP contribution in [0.2, 0.25) is 0 Å². The smallest absolute Gasteiger partial charge is 0.259 e. The summed E-state index contributed by atoms with van der Waals surface area (Å²) >= 11 is 3.36. The van der Waals surface area contributed by atoms with Gasteiger partial charge in [-0.3, -0.25) is 10.2 Å². The summed E-state index contributed by atoms with van der Waals surface area (Å²) in [6, 6.07) is 7.92. The van der Waals surface area contributed by atoms with Gasteiger partial charge in [-0.1, -0.05) is 15.9 Å². The van der Waals surface area contributed by atoms with Gasteiger partial charge in [0.05, 0.1) is 6.17 Å². The molecule has 0 radical (unpaired) electrons. The van der Waals surface area contributed by atoms with Gasteiger partial charge in [0, 0.05) is 10.5 Å². The van der Waals surface area contributed by atoms with Gasteiger partial charge in [-0.05, 0) is 49.4 Å². The van der Waals surface area contributed by atoms with Gasteiger partial charge in [0.15, 0.2) is 6.61 Å². The first-order chi connectivity index (χ1) is 9.70. The van der Waals surface area contributed by atoms with Gasteiger partial charge in [-0.25, -0.2) is 5.43 Å². The van der Waals surface area contributed by atoms with Crippen LogP contribution in [0.5, 0.6) is 5.75 Å². The molecule has 1 aliphatic carbocycles. The van der Waals surface area contributed by atoms with Crippen LogP contribution in [0.3, 0.4) is 0 Å². The zero-order valence-corrected chi connectivity index (χ0v) is 12.7. The van der Waals surface area contributed by atoms with Crippen LogP contribution in [-0.4, -0.2) is 24.7 Å². The predicted molar refractivity (Wildman–Crippen MR) is 79.0 cm³/mol. The maximum Gasteiger partial charge on any atom is 0.259 e. The molecule has 3 rings (SSSR count). The molecule has 1 aliphatic heterocycles. The van der Waals surface area contributed by atoms with Crippen LogP contribution in [0.4, 0.5) is 0 Å². The lowest BCUT2D eigenvalue weighted by Gasteiger charge is -2.12. The minimum Gasteiger partial charge on any atom is -0.484 e. The molecular weight excluding hydrogens is 322 g/mol. The van der Waals surface area contributed by atoms with Crippen molar-refractivity contribution >= 4 is 21.8 Å². The second-order valence-electron chi connectivity index (χ2n) is 5.33. The first-order valence-corrected chi connectivity index (χ1v) is 7.69. The topological polar surface area (TPSA) is 62.4 Å². The van der Waals surface area contributed by atoms with Crippen molar-refractivity contribution in [2.75, 3.05) is 6.61 Å². The standard InChI is InChI=1S/C14H18BrN3O2/c15-10-3-5-11(6-4-10)20-8-14(19)16-13-7-12(17-18-13)9-1-2-9/h3-6,9,12-13,17-18H,1-2,7-8H2,(H,16,19). The average Bonchev–Trinajstić information content (AvgIpc) is 3.19. The molecular formula is C14H18BrN3O2. The quantitative estimate of drug-likeness (QED) is 0.761. The van der Waals surface area contributed by atoms with Gasteiger partial charge >= 0.3 is 0 Å². The van der Waals surface area contributed by atoms with Gasteiger partial charge in [-0.15, -0.1) is 0 Å². The van der Waals surface area contributed by atoms with Crippen LogP contribution in [-0.2, 0) is 4.79 Å². The predicted octanol–water partition coefficient (Wildman–Crippen LogP) is 1.55. The van der Waals surface area contributed by atoms with E-state index in [1.54, 1.807) is 0 Å². The Kier molecular flexibility index (Phi) is 4.24. The number of hydrogen-bond acceptors (Lipinski definition) is 4. The maximum absolute atomic E-state index is 11.8. The van der Waals surface area contributed by atoms with Crippen molar-refractivity contribution in [3.8, 4) is 5.75 Å². The number of amides is 1. The Balaban J connectivity index is 1.40. The van der Waals surface area contributed by atoms with Crippen molar-refractivity contribution in [2.24, 2.45) is 5.92 Å². The fourth-order valence-corrected chi connectivity index (χ4v) is 2.66. The molecule has 6 heteroatoms. The van der Waals surface area contributed by atoms with E-state index < -0.39 is 0 Å². The lowest BCUT2D eigenvalue weighted by atomic mass is 10.1. The Morgan fingerprint density at radius 3 is 2.75 bits per heavy atom. The molecule has 1 heterocycles. The molecule has 1 amide bonds. The highest BCUT2D eigenvalue weighted by Gasteiger charge is 2.36. The second kappa shape index (κ2) is 6.11. The van der Waals surface area contributed by atoms with E-state index in [1.165, 1.54) is 12.8 Å². The van der Waals surface area contributed by atoms with Crippen LogP contribution in [0.1, 0.15) is 19.3 Å². The van der Waals surface area contributed by atoms with E-state index in [2.05, 4.69) is 32.1 Å². The van der Waals surface area contributed by atoms with E-state index in [9.17, 15) is 4.79 Å². The molecule has 3 N–H and O–H groups in total. The molecule has 0 spiro atoms. The Bertz CT molecular complexity index is 476. The third kappa shape index (κ3) is 3.71. The van der Waals surface area contributed by atoms with E-state index in [0.717, 1.165) is 16.8 Å². The summed E-state index contributed by atoms with van der Waals surface area (Å²) in [6.45, 7) is 0.0356. The number of hydrogen-bond donors (Lipinski definition) is 3. The number of carbonyl (C=O) groups is 1. The summed E-state index contributed by atoms with van der Waals surface area (Å²) in [5, 5.41) is 2.93. The van der Waals surface area contributed by atoms with E-state index in [0.29, 0.717) is 11.8 Å².